The number of carbonyl (C=O) groups excluding carboxylic acids is 2. The van der Waals surface area contributed by atoms with Crippen molar-refractivity contribution in [2.75, 3.05) is 0 Å². The molecule has 2 aliphatic carbocycles. The lowest BCUT2D eigenvalue weighted by molar-refractivity contribution is -0.111. The average Bonchev–Trinajstić information content (AvgIpc) is 3.44. The molecule has 272 valence electrons. The molecule has 0 amide bonds. The third-order valence-corrected chi connectivity index (χ3v) is 10.7. The van der Waals surface area contributed by atoms with Gasteiger partial charge in [-0.2, -0.15) is 0 Å². The summed E-state index contributed by atoms with van der Waals surface area (Å²) in [5, 5.41) is 0. The van der Waals surface area contributed by atoms with E-state index in [9.17, 15) is 9.59 Å². The van der Waals surface area contributed by atoms with Gasteiger partial charge in [0, 0.05) is 7.00 Å². The van der Waals surface area contributed by atoms with E-state index in [1.54, 1.807) is 0 Å². The van der Waals surface area contributed by atoms with Crippen LogP contribution in [0.25, 0.3) is 5.57 Å². The summed E-state index contributed by atoms with van der Waals surface area (Å²) in [6, 6.07) is 1.96. The summed E-state index contributed by atoms with van der Waals surface area (Å²) in [4.78, 5) is 23.6. The summed E-state index contributed by atoms with van der Waals surface area (Å²) in [7, 11) is 0. The Labute approximate surface area is 302 Å². The van der Waals surface area contributed by atoms with Gasteiger partial charge >= 0.3 is 0 Å². The summed E-state index contributed by atoms with van der Waals surface area (Å²) < 4.78 is 6.02. The number of furan rings is 1. The minimum absolute atomic E-state index is 0. The largest absolute Gasteiger partial charge is 0.453 e. The Balaban J connectivity index is 0.000000495. The molecule has 0 radical (unpaired) electrons. The fourth-order valence-electron chi connectivity index (χ4n) is 7.38. The number of allylic oxidation sites excluding steroid dienone is 10. The minimum atomic E-state index is -0.131. The van der Waals surface area contributed by atoms with E-state index in [2.05, 4.69) is 101 Å². The Kier molecular flexibility index (Phi) is 15.1. The van der Waals surface area contributed by atoms with Gasteiger partial charge in [0.25, 0.3) is 0 Å². The predicted molar refractivity (Wildman–Crippen MR) is 214 cm³/mol. The van der Waals surface area contributed by atoms with Crippen molar-refractivity contribution in [3.8, 4) is 0 Å². The molecule has 1 atom stereocenters. The highest BCUT2D eigenvalue weighted by molar-refractivity contribution is 6.05. The number of ketones is 2. The molecule has 0 N–H and O–H groups in total. The van der Waals surface area contributed by atoms with E-state index in [4.69, 9.17) is 4.42 Å². The Morgan fingerprint density at radius 1 is 1.00 bits per heavy atom. The molecule has 1 aromatic rings. The van der Waals surface area contributed by atoms with Crippen LogP contribution in [0.2, 0.25) is 0 Å². The Morgan fingerprint density at radius 2 is 1.63 bits per heavy atom. The zero-order chi connectivity index (χ0) is 37.2. The predicted octanol–water partition coefficient (Wildman–Crippen LogP) is 13.8. The van der Waals surface area contributed by atoms with Crippen LogP contribution in [0.4, 0.5) is 0 Å². The van der Waals surface area contributed by atoms with Gasteiger partial charge in [0.15, 0.2) is 11.5 Å². The van der Waals surface area contributed by atoms with Crippen LogP contribution in [0.5, 0.6) is 0 Å². The lowest BCUT2D eigenvalue weighted by Gasteiger charge is -2.45. The summed E-state index contributed by atoms with van der Waals surface area (Å²) in [6.45, 7) is 37.4. The second kappa shape index (κ2) is 17.6. The number of rotatable bonds is 15. The number of hydrogen-bond acceptors (Lipinski definition) is 3. The van der Waals surface area contributed by atoms with Gasteiger partial charge < -0.3 is 4.42 Å². The maximum Gasteiger partial charge on any atom is 0.220 e. The van der Waals surface area contributed by atoms with Gasteiger partial charge in [-0.1, -0.05) is 118 Å². The molecular weight excluding hydrogens is 601 g/mol. The van der Waals surface area contributed by atoms with Crippen molar-refractivity contribution in [3.05, 3.63) is 103 Å². The maximum absolute atomic E-state index is 12.1. The lowest BCUT2D eigenvalue weighted by atomic mass is 9.59. The Morgan fingerprint density at radius 3 is 2.16 bits per heavy atom. The monoisotopic (exact) mass is 671 g/mol. The van der Waals surface area contributed by atoms with Gasteiger partial charge in [-0.3, -0.25) is 9.59 Å². The van der Waals surface area contributed by atoms with Crippen LogP contribution in [0, 0.1) is 27.6 Å². The molecule has 0 aromatic carbocycles. The first-order chi connectivity index (χ1) is 22.7. The third-order valence-electron chi connectivity index (χ3n) is 10.7. The van der Waals surface area contributed by atoms with Crippen LogP contribution in [-0.4, -0.2) is 11.6 Å². The minimum Gasteiger partial charge on any atom is -0.453 e. The SMILES string of the molecule is C=CC(=O)c1cc2c(o1)C(C(C)(C)C)=CC(C)(C1CCC(C)(C)CC1)C2.C=CCC(C)(C)CCCC/C(=C/C(C)=C\C(=C)C(=O)C=C)CC.[HH]. The molecule has 3 heteroatoms. The van der Waals surface area contributed by atoms with Crippen molar-refractivity contribution < 1.29 is 15.4 Å². The van der Waals surface area contributed by atoms with Gasteiger partial charge in [-0.25, -0.2) is 0 Å². The molecule has 49 heavy (non-hydrogen) atoms. The zero-order valence-electron chi connectivity index (χ0n) is 33.0. The Hall–Kier alpha value is -3.20. The molecule has 0 aliphatic heterocycles. The van der Waals surface area contributed by atoms with Crippen molar-refractivity contribution in [1.29, 1.82) is 0 Å². The van der Waals surface area contributed by atoms with Crippen molar-refractivity contribution in [2.45, 2.75) is 140 Å². The van der Waals surface area contributed by atoms with E-state index >= 15 is 0 Å². The maximum atomic E-state index is 12.1. The number of fused-ring (bicyclic) bond motifs is 1. The molecular formula is C46H70O3. The van der Waals surface area contributed by atoms with Crippen molar-refractivity contribution in [1.82, 2.24) is 0 Å². The fraction of sp³-hybridized carbons (Fsp3) is 0.565. The molecule has 1 fully saturated rings. The lowest BCUT2D eigenvalue weighted by Crippen LogP contribution is -2.36. The van der Waals surface area contributed by atoms with Crippen LogP contribution >= 0.6 is 0 Å². The van der Waals surface area contributed by atoms with E-state index in [1.807, 2.05) is 25.1 Å². The first-order valence-corrected chi connectivity index (χ1v) is 18.6. The van der Waals surface area contributed by atoms with E-state index in [0.29, 0.717) is 28.1 Å². The molecule has 0 spiro atoms. The van der Waals surface area contributed by atoms with Crippen LogP contribution in [0.1, 0.15) is 157 Å². The van der Waals surface area contributed by atoms with Gasteiger partial charge in [0.1, 0.15) is 5.76 Å². The molecule has 2 aliphatic rings. The second-order valence-electron chi connectivity index (χ2n) is 17.5. The number of unbranched alkanes of at least 4 members (excludes halogenated alkanes) is 1. The van der Waals surface area contributed by atoms with Gasteiger partial charge in [-0.05, 0) is 134 Å². The highest BCUT2D eigenvalue weighted by atomic mass is 16.3. The first-order valence-electron chi connectivity index (χ1n) is 18.6. The van der Waals surface area contributed by atoms with E-state index < -0.39 is 0 Å². The van der Waals surface area contributed by atoms with Crippen molar-refractivity contribution in [2.24, 2.45) is 27.6 Å². The quantitative estimate of drug-likeness (QED) is 0.0613. The number of hydrogen-bond donors (Lipinski definition) is 0. The number of carbonyl (C=O) groups is 2. The van der Waals surface area contributed by atoms with Gasteiger partial charge in [-0.15, -0.1) is 6.58 Å². The van der Waals surface area contributed by atoms with E-state index in [0.717, 1.165) is 37.0 Å². The molecule has 3 nitrogen and oxygen atoms in total. The third kappa shape index (κ3) is 12.6. The Bertz CT molecular complexity index is 1450. The summed E-state index contributed by atoms with van der Waals surface area (Å²) >= 11 is 0. The highest BCUT2D eigenvalue weighted by Gasteiger charge is 2.43. The van der Waals surface area contributed by atoms with Gasteiger partial charge in [0.05, 0.1) is 0 Å². The van der Waals surface area contributed by atoms with E-state index in [1.165, 1.54) is 73.8 Å². The van der Waals surface area contributed by atoms with Crippen molar-refractivity contribution >= 4 is 17.1 Å². The summed E-state index contributed by atoms with van der Waals surface area (Å²) in [5.74, 6) is 1.79. The van der Waals surface area contributed by atoms with Gasteiger partial charge in [0.2, 0.25) is 5.78 Å². The van der Waals surface area contributed by atoms with Crippen LogP contribution < -0.4 is 0 Å². The fourth-order valence-corrected chi connectivity index (χ4v) is 7.38. The van der Waals surface area contributed by atoms with Crippen LogP contribution in [-0.2, 0) is 11.2 Å². The molecule has 1 aromatic heterocycles. The highest BCUT2D eigenvalue weighted by Crippen LogP contribution is 2.53. The summed E-state index contributed by atoms with van der Waals surface area (Å²) in [5.41, 5.74) is 6.38. The molecule has 1 saturated carbocycles. The van der Waals surface area contributed by atoms with Crippen LogP contribution in [0.3, 0.4) is 0 Å². The standard InChI is InChI=1S/C24H34O2.C22H34O.H2/c1-8-19(25)20-13-16-14-24(7,17-9-11-23(5,6)12-10-17)15-18(21(16)26-20)22(2,3)4;1-8-14-22(6,7)15-12-11-13-20(9-2)17-18(4)16-19(5)21(23)10-3;/h8,13,15,17H,1,9-12,14H2,2-7H3;8,10,16-17H,1,3,5,9,11-15H2,2,4,6-7H3;1H/b;18-16-,20-17+;. The summed E-state index contributed by atoms with van der Waals surface area (Å²) in [6.07, 6.45) is 24.2. The smallest absolute Gasteiger partial charge is 0.220 e. The van der Waals surface area contributed by atoms with Crippen LogP contribution in [0.15, 0.2) is 90.0 Å². The average molecular weight is 671 g/mol. The molecule has 0 bridgehead atoms. The topological polar surface area (TPSA) is 47.3 Å². The first kappa shape index (κ1) is 42.0. The molecule has 0 saturated heterocycles. The molecule has 3 rings (SSSR count). The molecule has 1 unspecified atom stereocenters. The zero-order valence-corrected chi connectivity index (χ0v) is 33.0. The second-order valence-corrected chi connectivity index (χ2v) is 17.5. The molecule has 1 heterocycles. The normalized spacial score (nSPS) is 19.9. The van der Waals surface area contributed by atoms with Crippen molar-refractivity contribution in [3.63, 3.8) is 0 Å². The van der Waals surface area contributed by atoms with E-state index in [-0.39, 0.29) is 23.8 Å².